The Hall–Kier alpha value is -1.86. The first-order valence-electron chi connectivity index (χ1n) is 5.27. The number of benzene rings is 1. The Morgan fingerprint density at radius 1 is 1.22 bits per heavy atom. The van der Waals surface area contributed by atoms with E-state index < -0.39 is 6.04 Å². The fourth-order valence-corrected chi connectivity index (χ4v) is 1.78. The zero-order valence-corrected chi connectivity index (χ0v) is 10.9. The molecule has 4 N–H and O–H groups in total. The first-order valence-corrected chi connectivity index (χ1v) is 5.68. The highest BCUT2D eigenvalue weighted by Gasteiger charge is 2.14. The van der Waals surface area contributed by atoms with Gasteiger partial charge in [-0.2, -0.15) is 0 Å². The molecule has 0 amide bonds. The number of hydrogen-bond acceptors (Lipinski definition) is 5. The summed E-state index contributed by atoms with van der Waals surface area (Å²) in [6.07, 6.45) is 0. The summed E-state index contributed by atoms with van der Waals surface area (Å²) in [5, 5.41) is 5.55. The van der Waals surface area contributed by atoms with E-state index in [0.717, 1.165) is 5.56 Å². The van der Waals surface area contributed by atoms with Crippen molar-refractivity contribution in [2.75, 3.05) is 14.2 Å². The van der Waals surface area contributed by atoms with Gasteiger partial charge < -0.3 is 15.2 Å². The van der Waals surface area contributed by atoms with Crippen LogP contribution in [0.5, 0.6) is 11.5 Å². The molecule has 1 heterocycles. The number of nitrogens with two attached hydrogens (primary N) is 1. The highest BCUT2D eigenvalue weighted by Crippen LogP contribution is 2.30. The van der Waals surface area contributed by atoms with Crippen LogP contribution in [-0.4, -0.2) is 29.4 Å². The van der Waals surface area contributed by atoms with E-state index in [1.54, 1.807) is 20.3 Å². The van der Waals surface area contributed by atoms with E-state index in [4.69, 9.17) is 27.4 Å². The maximum atomic E-state index is 6.09. The average Bonchev–Trinajstić information content (AvgIpc) is 2.83. The van der Waals surface area contributed by atoms with Crippen molar-refractivity contribution in [1.82, 2.24) is 15.2 Å². The number of nitrogens with zero attached hydrogens (tertiary/aromatic N) is 1. The van der Waals surface area contributed by atoms with E-state index in [2.05, 4.69) is 15.2 Å². The number of aromatic nitrogens is 3. The second-order valence-electron chi connectivity index (χ2n) is 3.64. The monoisotopic (exact) mass is 266 g/mol. The lowest BCUT2D eigenvalue weighted by Gasteiger charge is -2.12. The molecule has 6 nitrogen and oxygen atoms in total. The lowest BCUT2D eigenvalue weighted by Crippen LogP contribution is -2.13. The minimum absolute atomic E-state index is 0.376. The van der Waals surface area contributed by atoms with Gasteiger partial charge in [0, 0.05) is 0 Å². The second kappa shape index (κ2) is 5.19. The maximum Gasteiger partial charge on any atom is 0.213 e. The van der Waals surface area contributed by atoms with Crippen LogP contribution in [0.4, 0.5) is 0 Å². The minimum atomic E-state index is -0.405. The van der Waals surface area contributed by atoms with Crippen LogP contribution in [0.1, 0.15) is 17.4 Å². The molecule has 0 fully saturated rings. The Bertz CT molecular complexity index is 593. The molecule has 2 rings (SSSR count). The molecular formula is C11H14N4O2S. The van der Waals surface area contributed by atoms with Gasteiger partial charge in [0.15, 0.2) is 11.5 Å². The lowest BCUT2D eigenvalue weighted by molar-refractivity contribution is 0.354. The van der Waals surface area contributed by atoms with Crippen molar-refractivity contribution in [1.29, 1.82) is 0 Å². The Labute approximate surface area is 109 Å². The molecule has 0 bridgehead atoms. The van der Waals surface area contributed by atoms with Crippen molar-refractivity contribution in [3.63, 3.8) is 0 Å². The molecule has 0 radical (unpaired) electrons. The van der Waals surface area contributed by atoms with Gasteiger partial charge in [-0.05, 0) is 29.9 Å². The van der Waals surface area contributed by atoms with Gasteiger partial charge in [-0.1, -0.05) is 6.07 Å². The van der Waals surface area contributed by atoms with Gasteiger partial charge in [-0.25, -0.2) is 4.98 Å². The zero-order valence-electron chi connectivity index (χ0n) is 10.1. The number of aromatic amines is 2. The van der Waals surface area contributed by atoms with Crippen LogP contribution in [-0.2, 0) is 0 Å². The van der Waals surface area contributed by atoms with Gasteiger partial charge in [0.05, 0.1) is 20.3 Å². The smallest absolute Gasteiger partial charge is 0.213 e. The number of hydrogen-bond donors (Lipinski definition) is 3. The van der Waals surface area contributed by atoms with Crippen LogP contribution in [0.25, 0.3) is 0 Å². The Balaban J connectivity index is 2.36. The van der Waals surface area contributed by atoms with Crippen LogP contribution < -0.4 is 15.2 Å². The molecule has 1 aromatic carbocycles. The molecule has 0 aliphatic heterocycles. The van der Waals surface area contributed by atoms with Crippen LogP contribution in [0.2, 0.25) is 0 Å². The number of rotatable bonds is 4. The Kier molecular flexibility index (Phi) is 3.63. The standard InChI is InChI=1S/C11H14N4O2S/c1-16-7-4-3-6(5-8(7)17-2)9(12)10-13-11(18)15-14-10/h3-5,9H,12H2,1-2H3,(H2,13,14,15,18). The van der Waals surface area contributed by atoms with Crippen LogP contribution in [0, 0.1) is 4.77 Å². The van der Waals surface area contributed by atoms with Crippen molar-refractivity contribution in [3.8, 4) is 11.5 Å². The van der Waals surface area contributed by atoms with Gasteiger partial charge in [0.2, 0.25) is 4.77 Å². The second-order valence-corrected chi connectivity index (χ2v) is 4.03. The molecule has 2 aromatic rings. The van der Waals surface area contributed by atoms with Crippen molar-refractivity contribution >= 4 is 12.2 Å². The van der Waals surface area contributed by atoms with Crippen LogP contribution in [0.3, 0.4) is 0 Å². The van der Waals surface area contributed by atoms with Crippen LogP contribution in [0.15, 0.2) is 18.2 Å². The summed E-state index contributed by atoms with van der Waals surface area (Å²) in [6.45, 7) is 0. The van der Waals surface area contributed by atoms with Crippen molar-refractivity contribution in [2.45, 2.75) is 6.04 Å². The summed E-state index contributed by atoms with van der Waals surface area (Å²) in [6, 6.07) is 5.07. The molecule has 0 saturated heterocycles. The highest BCUT2D eigenvalue weighted by atomic mass is 32.1. The summed E-state index contributed by atoms with van der Waals surface area (Å²) in [4.78, 5) is 4.09. The van der Waals surface area contributed by atoms with Gasteiger partial charge in [0.1, 0.15) is 5.82 Å². The largest absolute Gasteiger partial charge is 0.493 e. The lowest BCUT2D eigenvalue weighted by atomic mass is 10.1. The normalized spacial score (nSPS) is 12.2. The molecule has 0 spiro atoms. The first kappa shape index (κ1) is 12.6. The number of ether oxygens (including phenoxy) is 2. The molecule has 0 aliphatic carbocycles. The van der Waals surface area contributed by atoms with E-state index in [0.29, 0.717) is 22.1 Å². The third kappa shape index (κ3) is 2.36. The third-order valence-corrected chi connectivity index (χ3v) is 2.77. The summed E-state index contributed by atoms with van der Waals surface area (Å²) >= 11 is 4.89. The molecule has 1 aromatic heterocycles. The van der Waals surface area contributed by atoms with Crippen LogP contribution >= 0.6 is 12.2 Å². The molecule has 1 atom stereocenters. The van der Waals surface area contributed by atoms with Crippen molar-refractivity contribution in [3.05, 3.63) is 34.4 Å². The number of methoxy groups -OCH3 is 2. The average molecular weight is 266 g/mol. The zero-order chi connectivity index (χ0) is 13.1. The fraction of sp³-hybridized carbons (Fsp3) is 0.273. The van der Waals surface area contributed by atoms with E-state index >= 15 is 0 Å². The summed E-state index contributed by atoms with van der Waals surface area (Å²) < 4.78 is 10.8. The molecule has 7 heteroatoms. The summed E-state index contributed by atoms with van der Waals surface area (Å²) in [5.74, 6) is 1.86. The highest BCUT2D eigenvalue weighted by molar-refractivity contribution is 7.71. The molecule has 18 heavy (non-hydrogen) atoms. The fourth-order valence-electron chi connectivity index (χ4n) is 1.63. The third-order valence-electron chi connectivity index (χ3n) is 2.58. The van der Waals surface area contributed by atoms with E-state index in [9.17, 15) is 0 Å². The van der Waals surface area contributed by atoms with Gasteiger partial charge in [-0.15, -0.1) is 0 Å². The number of H-pyrrole nitrogens is 2. The predicted molar refractivity (Wildman–Crippen MR) is 69.3 cm³/mol. The summed E-state index contributed by atoms with van der Waals surface area (Å²) in [7, 11) is 3.16. The maximum absolute atomic E-state index is 6.09. The van der Waals surface area contributed by atoms with E-state index in [-0.39, 0.29) is 0 Å². The van der Waals surface area contributed by atoms with Gasteiger partial charge in [-0.3, -0.25) is 10.2 Å². The SMILES string of the molecule is COc1ccc(C(N)c2nc(=S)[nH][nH]2)cc1OC. The van der Waals surface area contributed by atoms with Crippen molar-refractivity contribution < 1.29 is 9.47 Å². The first-order chi connectivity index (χ1) is 8.65. The Morgan fingerprint density at radius 2 is 1.94 bits per heavy atom. The minimum Gasteiger partial charge on any atom is -0.493 e. The number of nitrogens with one attached hydrogen (secondary N) is 2. The molecule has 0 saturated carbocycles. The van der Waals surface area contributed by atoms with E-state index in [1.807, 2.05) is 12.1 Å². The molecule has 96 valence electrons. The summed E-state index contributed by atoms with van der Waals surface area (Å²) in [5.41, 5.74) is 6.94. The topological polar surface area (TPSA) is 89.0 Å². The quantitative estimate of drug-likeness (QED) is 0.730. The van der Waals surface area contributed by atoms with Crippen molar-refractivity contribution in [2.24, 2.45) is 5.73 Å². The van der Waals surface area contributed by atoms with Gasteiger partial charge >= 0.3 is 0 Å². The Morgan fingerprint density at radius 3 is 2.50 bits per heavy atom. The van der Waals surface area contributed by atoms with Gasteiger partial charge in [0.25, 0.3) is 0 Å². The molecule has 0 aliphatic rings. The van der Waals surface area contributed by atoms with E-state index in [1.165, 1.54) is 0 Å². The molecular weight excluding hydrogens is 252 g/mol. The molecule has 1 unspecified atom stereocenters. The predicted octanol–water partition coefficient (Wildman–Crippen LogP) is 1.53.